The van der Waals surface area contributed by atoms with Crippen LogP contribution in [0.15, 0.2) is 23.3 Å². The molecule has 2 aromatic rings. The first-order chi connectivity index (χ1) is 8.24. The summed E-state index contributed by atoms with van der Waals surface area (Å²) in [5.41, 5.74) is 0.662. The minimum absolute atomic E-state index is 0.174. The van der Waals surface area contributed by atoms with Crippen molar-refractivity contribution in [2.24, 2.45) is 0 Å². The summed E-state index contributed by atoms with van der Waals surface area (Å²) in [4.78, 5) is 15.8. The lowest BCUT2D eigenvalue weighted by Gasteiger charge is -1.99. The molecule has 1 aliphatic rings. The highest BCUT2D eigenvalue weighted by molar-refractivity contribution is 6.30. The molecule has 2 aromatic heterocycles. The lowest BCUT2D eigenvalue weighted by molar-refractivity contribution is 0.593. The summed E-state index contributed by atoms with van der Waals surface area (Å²) in [7, 11) is 0. The molecule has 0 radical (unpaired) electrons. The topological polar surface area (TPSA) is 65.6 Å². The predicted octanol–water partition coefficient (Wildman–Crippen LogP) is 0.871. The number of tetrazole rings is 1. The molecule has 1 fully saturated rings. The average Bonchev–Trinajstić information content (AvgIpc) is 3.07. The molecule has 0 spiro atoms. The van der Waals surface area contributed by atoms with Crippen molar-refractivity contribution in [3.05, 3.63) is 39.5 Å². The number of halogens is 1. The maximum absolute atomic E-state index is 11.9. The third-order valence-corrected chi connectivity index (χ3v) is 2.85. The number of rotatable bonds is 3. The van der Waals surface area contributed by atoms with Crippen LogP contribution in [0.5, 0.6) is 0 Å². The Morgan fingerprint density at radius 1 is 1.35 bits per heavy atom. The molecule has 2 heterocycles. The molecule has 0 atom stereocenters. The van der Waals surface area contributed by atoms with Crippen molar-refractivity contribution >= 4 is 11.6 Å². The SMILES string of the molecule is O=c1n(Cc2cncc(Cl)c2)nnn1C1CC1. The van der Waals surface area contributed by atoms with Crippen LogP contribution in [0.1, 0.15) is 24.4 Å². The van der Waals surface area contributed by atoms with Gasteiger partial charge in [-0.05, 0) is 34.9 Å². The van der Waals surface area contributed by atoms with Crippen molar-refractivity contribution in [3.63, 3.8) is 0 Å². The molecule has 1 saturated carbocycles. The Balaban J connectivity index is 1.88. The maximum Gasteiger partial charge on any atom is 0.364 e. The largest absolute Gasteiger partial charge is 0.364 e. The normalized spacial score (nSPS) is 15.1. The van der Waals surface area contributed by atoms with Crippen LogP contribution >= 0.6 is 11.6 Å². The fraction of sp³-hybridized carbons (Fsp3) is 0.400. The van der Waals surface area contributed by atoms with E-state index in [-0.39, 0.29) is 11.7 Å². The van der Waals surface area contributed by atoms with E-state index in [9.17, 15) is 4.79 Å². The van der Waals surface area contributed by atoms with Gasteiger partial charge in [-0.25, -0.2) is 4.79 Å². The minimum atomic E-state index is -0.174. The standard InChI is InChI=1S/C10H10ClN5O/c11-8-3-7(4-12-5-8)6-15-10(17)16(14-13-15)9-1-2-9/h3-5,9H,1-2,6H2. The van der Waals surface area contributed by atoms with Gasteiger partial charge in [0.25, 0.3) is 0 Å². The van der Waals surface area contributed by atoms with Crippen molar-refractivity contribution in [1.29, 1.82) is 0 Å². The molecule has 1 aliphatic carbocycles. The monoisotopic (exact) mass is 251 g/mol. The van der Waals surface area contributed by atoms with Gasteiger partial charge in [0.15, 0.2) is 0 Å². The molecule has 0 unspecified atom stereocenters. The van der Waals surface area contributed by atoms with Gasteiger partial charge in [-0.2, -0.15) is 9.36 Å². The molecule has 0 saturated heterocycles. The quantitative estimate of drug-likeness (QED) is 0.812. The number of pyridine rings is 1. The molecule has 0 N–H and O–H groups in total. The second-order valence-electron chi connectivity index (χ2n) is 4.11. The summed E-state index contributed by atoms with van der Waals surface area (Å²) in [6.45, 7) is 0.346. The second-order valence-corrected chi connectivity index (χ2v) is 4.54. The lowest BCUT2D eigenvalue weighted by atomic mass is 10.3. The highest BCUT2D eigenvalue weighted by atomic mass is 35.5. The van der Waals surface area contributed by atoms with Gasteiger partial charge in [-0.15, -0.1) is 0 Å². The van der Waals surface area contributed by atoms with Crippen LogP contribution in [0.25, 0.3) is 0 Å². The molecule has 7 heteroatoms. The Kier molecular flexibility index (Phi) is 2.44. The van der Waals surface area contributed by atoms with Gasteiger partial charge >= 0.3 is 5.69 Å². The highest BCUT2D eigenvalue weighted by Gasteiger charge is 2.27. The zero-order valence-corrected chi connectivity index (χ0v) is 9.71. The minimum Gasteiger partial charge on any atom is -0.263 e. The van der Waals surface area contributed by atoms with E-state index in [1.807, 2.05) is 0 Å². The smallest absolute Gasteiger partial charge is 0.263 e. The first kappa shape index (κ1) is 10.5. The van der Waals surface area contributed by atoms with Crippen LogP contribution in [0.3, 0.4) is 0 Å². The summed E-state index contributed by atoms with van der Waals surface area (Å²) in [5, 5.41) is 8.25. The summed E-state index contributed by atoms with van der Waals surface area (Å²) >= 11 is 5.83. The molecule has 17 heavy (non-hydrogen) atoms. The first-order valence-corrected chi connectivity index (χ1v) is 5.73. The number of aromatic nitrogens is 5. The predicted molar refractivity (Wildman–Crippen MR) is 60.9 cm³/mol. The Bertz CT molecular complexity index is 601. The van der Waals surface area contributed by atoms with Crippen LogP contribution < -0.4 is 5.69 Å². The average molecular weight is 252 g/mol. The van der Waals surface area contributed by atoms with E-state index >= 15 is 0 Å². The zero-order chi connectivity index (χ0) is 11.8. The molecule has 0 aromatic carbocycles. The summed E-state index contributed by atoms with van der Waals surface area (Å²) in [6, 6.07) is 2.01. The van der Waals surface area contributed by atoms with Gasteiger partial charge in [0, 0.05) is 12.4 Å². The second kappa shape index (κ2) is 3.96. The fourth-order valence-electron chi connectivity index (χ4n) is 1.65. The van der Waals surface area contributed by atoms with Crippen LogP contribution in [-0.2, 0) is 6.54 Å². The molecule has 0 amide bonds. The van der Waals surface area contributed by atoms with Gasteiger partial charge in [0.1, 0.15) is 0 Å². The third kappa shape index (κ3) is 2.08. The van der Waals surface area contributed by atoms with Crippen LogP contribution in [-0.4, -0.2) is 24.8 Å². The summed E-state index contributed by atoms with van der Waals surface area (Å²) in [5.74, 6) is 0. The van der Waals surface area contributed by atoms with E-state index in [0.717, 1.165) is 18.4 Å². The molecule has 0 aliphatic heterocycles. The summed E-state index contributed by atoms with van der Waals surface area (Å²) in [6.07, 6.45) is 5.23. The molecule has 88 valence electrons. The molecular weight excluding hydrogens is 242 g/mol. The lowest BCUT2D eigenvalue weighted by Crippen LogP contribution is -2.25. The van der Waals surface area contributed by atoms with Crippen molar-refractivity contribution in [2.45, 2.75) is 25.4 Å². The van der Waals surface area contributed by atoms with Crippen LogP contribution in [0.2, 0.25) is 5.02 Å². The van der Waals surface area contributed by atoms with E-state index in [1.165, 1.54) is 9.36 Å². The Morgan fingerprint density at radius 2 is 2.18 bits per heavy atom. The number of hydrogen-bond acceptors (Lipinski definition) is 4. The Labute approximate surface area is 102 Å². The van der Waals surface area contributed by atoms with Gasteiger partial charge < -0.3 is 0 Å². The van der Waals surface area contributed by atoms with Crippen molar-refractivity contribution < 1.29 is 0 Å². The molecule has 6 nitrogen and oxygen atoms in total. The van der Waals surface area contributed by atoms with Gasteiger partial charge in [0.05, 0.1) is 17.6 Å². The zero-order valence-electron chi connectivity index (χ0n) is 8.95. The van der Waals surface area contributed by atoms with E-state index in [2.05, 4.69) is 15.4 Å². The van der Waals surface area contributed by atoms with E-state index < -0.39 is 0 Å². The third-order valence-electron chi connectivity index (χ3n) is 2.65. The number of hydrogen-bond donors (Lipinski definition) is 0. The Morgan fingerprint density at radius 3 is 2.88 bits per heavy atom. The van der Waals surface area contributed by atoms with Gasteiger partial charge in [-0.3, -0.25) is 4.98 Å². The number of nitrogens with zero attached hydrogens (tertiary/aromatic N) is 5. The first-order valence-electron chi connectivity index (χ1n) is 5.36. The van der Waals surface area contributed by atoms with Gasteiger partial charge in [0.2, 0.25) is 0 Å². The fourth-order valence-corrected chi connectivity index (χ4v) is 1.85. The van der Waals surface area contributed by atoms with E-state index in [1.54, 1.807) is 18.5 Å². The maximum atomic E-state index is 11.9. The van der Waals surface area contributed by atoms with E-state index in [0.29, 0.717) is 11.6 Å². The van der Waals surface area contributed by atoms with Crippen LogP contribution in [0.4, 0.5) is 0 Å². The molecule has 0 bridgehead atoms. The van der Waals surface area contributed by atoms with Gasteiger partial charge in [-0.1, -0.05) is 11.6 Å². The summed E-state index contributed by atoms with van der Waals surface area (Å²) < 4.78 is 2.77. The van der Waals surface area contributed by atoms with Crippen molar-refractivity contribution in [3.8, 4) is 0 Å². The van der Waals surface area contributed by atoms with Crippen molar-refractivity contribution in [1.82, 2.24) is 24.8 Å². The molecule has 3 rings (SSSR count). The van der Waals surface area contributed by atoms with E-state index in [4.69, 9.17) is 11.6 Å². The Hall–Kier alpha value is -1.69. The van der Waals surface area contributed by atoms with Crippen molar-refractivity contribution in [2.75, 3.05) is 0 Å². The van der Waals surface area contributed by atoms with Crippen LogP contribution in [0, 0.1) is 0 Å². The molecular formula is C10H10ClN5O. The highest BCUT2D eigenvalue weighted by Crippen LogP contribution is 2.32.